The SMILES string of the molecule is CCCCCCCCN(C(=O)CNC(=O)OC(C)(C)C)C(C(=O)Nc1ccc2ccccc2c1)c1cc(C)ccc1C. The summed E-state index contributed by atoms with van der Waals surface area (Å²) in [6.45, 7) is 11.6. The highest BCUT2D eigenvalue weighted by molar-refractivity contribution is 6.00. The number of rotatable bonds is 13. The van der Waals surface area contributed by atoms with Gasteiger partial charge in [-0.25, -0.2) is 4.79 Å². The van der Waals surface area contributed by atoms with Gasteiger partial charge < -0.3 is 20.3 Å². The first-order valence-corrected chi connectivity index (χ1v) is 15.1. The third kappa shape index (κ3) is 9.89. The standard InChI is InChI=1S/C35H47N3O4/c1-7-8-9-10-11-14-21-38(31(39)24-36-34(41)42-35(4,5)6)32(30-22-25(2)17-18-26(30)3)33(40)37-29-20-19-27-15-12-13-16-28(27)23-29/h12-13,15-20,22-23,32H,7-11,14,21,24H2,1-6H3,(H,36,41)(H,37,40). The van der Waals surface area contributed by atoms with Crippen molar-refractivity contribution in [3.8, 4) is 0 Å². The summed E-state index contributed by atoms with van der Waals surface area (Å²) in [7, 11) is 0. The van der Waals surface area contributed by atoms with E-state index in [-0.39, 0.29) is 18.4 Å². The van der Waals surface area contributed by atoms with E-state index in [0.717, 1.165) is 59.6 Å². The monoisotopic (exact) mass is 573 g/mol. The first-order chi connectivity index (χ1) is 20.0. The topological polar surface area (TPSA) is 87.7 Å². The van der Waals surface area contributed by atoms with E-state index >= 15 is 0 Å². The van der Waals surface area contributed by atoms with E-state index in [0.29, 0.717) is 12.2 Å². The van der Waals surface area contributed by atoms with E-state index in [4.69, 9.17) is 4.74 Å². The number of nitrogens with one attached hydrogen (secondary N) is 2. The Morgan fingerprint density at radius 2 is 1.55 bits per heavy atom. The summed E-state index contributed by atoms with van der Waals surface area (Å²) < 4.78 is 5.35. The Bertz CT molecular complexity index is 1360. The van der Waals surface area contributed by atoms with E-state index in [9.17, 15) is 14.4 Å². The molecule has 0 saturated heterocycles. The zero-order chi connectivity index (χ0) is 30.7. The average molecular weight is 574 g/mol. The van der Waals surface area contributed by atoms with Gasteiger partial charge in [-0.2, -0.15) is 0 Å². The van der Waals surface area contributed by atoms with Crippen molar-refractivity contribution in [1.82, 2.24) is 10.2 Å². The molecule has 0 fully saturated rings. The van der Waals surface area contributed by atoms with Gasteiger partial charge in [0.05, 0.1) is 0 Å². The second kappa shape index (κ2) is 15.4. The van der Waals surface area contributed by atoms with Crippen molar-refractivity contribution in [3.63, 3.8) is 0 Å². The van der Waals surface area contributed by atoms with Crippen molar-refractivity contribution in [3.05, 3.63) is 77.4 Å². The lowest BCUT2D eigenvalue weighted by molar-refractivity contribution is -0.138. The number of alkyl carbamates (subject to hydrolysis) is 1. The molecule has 0 aliphatic carbocycles. The summed E-state index contributed by atoms with van der Waals surface area (Å²) in [4.78, 5) is 41.9. The van der Waals surface area contributed by atoms with E-state index in [1.54, 1.807) is 25.7 Å². The first kappa shape index (κ1) is 32.6. The molecule has 2 N–H and O–H groups in total. The number of amides is 3. The highest BCUT2D eigenvalue weighted by atomic mass is 16.6. The van der Waals surface area contributed by atoms with Crippen LogP contribution >= 0.6 is 0 Å². The molecule has 3 rings (SSSR count). The molecule has 3 aromatic rings. The molecule has 0 aromatic heterocycles. The van der Waals surface area contributed by atoms with Crippen molar-refractivity contribution in [2.45, 2.75) is 91.7 Å². The van der Waals surface area contributed by atoms with Crippen LogP contribution in [0.15, 0.2) is 60.7 Å². The fourth-order valence-electron chi connectivity index (χ4n) is 5.01. The number of unbranched alkanes of at least 4 members (excludes halogenated alkanes) is 5. The van der Waals surface area contributed by atoms with Crippen molar-refractivity contribution in [2.24, 2.45) is 0 Å². The van der Waals surface area contributed by atoms with E-state index in [1.807, 2.05) is 74.5 Å². The van der Waals surface area contributed by atoms with Crippen LogP contribution in [-0.4, -0.2) is 41.5 Å². The van der Waals surface area contributed by atoms with Gasteiger partial charge >= 0.3 is 6.09 Å². The summed E-state index contributed by atoms with van der Waals surface area (Å²) in [5.41, 5.74) is 2.66. The molecule has 7 nitrogen and oxygen atoms in total. The predicted octanol–water partition coefficient (Wildman–Crippen LogP) is 7.85. The largest absolute Gasteiger partial charge is 0.444 e. The fraction of sp³-hybridized carbons (Fsp3) is 0.457. The third-order valence-corrected chi connectivity index (χ3v) is 7.16. The minimum atomic E-state index is -0.875. The van der Waals surface area contributed by atoms with Gasteiger partial charge in [0.25, 0.3) is 5.91 Å². The molecule has 0 heterocycles. The maximum atomic E-state index is 14.1. The zero-order valence-corrected chi connectivity index (χ0v) is 26.1. The number of anilines is 1. The molecular formula is C35H47N3O4. The van der Waals surface area contributed by atoms with Gasteiger partial charge in [-0.3, -0.25) is 9.59 Å². The number of nitrogens with zero attached hydrogens (tertiary/aromatic N) is 1. The molecule has 0 bridgehead atoms. The second-order valence-electron chi connectivity index (χ2n) is 12.0. The predicted molar refractivity (Wildman–Crippen MR) is 171 cm³/mol. The molecule has 1 unspecified atom stereocenters. The quantitative estimate of drug-likeness (QED) is 0.204. The molecule has 0 spiro atoms. The lowest BCUT2D eigenvalue weighted by Gasteiger charge is -2.33. The Morgan fingerprint density at radius 3 is 2.26 bits per heavy atom. The number of carbonyl (C=O) groups excluding carboxylic acids is 3. The van der Waals surface area contributed by atoms with Crippen LogP contribution < -0.4 is 10.6 Å². The Hall–Kier alpha value is -3.87. The maximum absolute atomic E-state index is 14.1. The van der Waals surface area contributed by atoms with Gasteiger partial charge in [0.15, 0.2) is 0 Å². The van der Waals surface area contributed by atoms with E-state index in [2.05, 4.69) is 17.6 Å². The van der Waals surface area contributed by atoms with Gasteiger partial charge in [0.2, 0.25) is 5.91 Å². The Balaban J connectivity index is 1.93. The normalized spacial score (nSPS) is 12.0. The molecule has 0 saturated carbocycles. The first-order valence-electron chi connectivity index (χ1n) is 15.1. The zero-order valence-electron chi connectivity index (χ0n) is 26.1. The lowest BCUT2D eigenvalue weighted by atomic mass is 9.96. The highest BCUT2D eigenvalue weighted by Gasteiger charge is 2.33. The fourth-order valence-corrected chi connectivity index (χ4v) is 5.01. The van der Waals surface area contributed by atoms with Crippen molar-refractivity contribution >= 4 is 34.4 Å². The van der Waals surface area contributed by atoms with Gasteiger partial charge in [-0.1, -0.05) is 93.1 Å². The molecule has 226 valence electrons. The number of fused-ring (bicyclic) bond motifs is 1. The summed E-state index contributed by atoms with van der Waals surface area (Å²) in [5.74, 6) is -0.635. The Labute approximate surface area is 251 Å². The van der Waals surface area contributed by atoms with Crippen molar-refractivity contribution in [2.75, 3.05) is 18.4 Å². The van der Waals surface area contributed by atoms with Crippen LogP contribution in [0.4, 0.5) is 10.5 Å². The van der Waals surface area contributed by atoms with E-state index < -0.39 is 17.7 Å². The molecule has 0 aliphatic heterocycles. The van der Waals surface area contributed by atoms with Crippen LogP contribution in [0.5, 0.6) is 0 Å². The molecule has 1 atom stereocenters. The number of ether oxygens (including phenoxy) is 1. The number of benzene rings is 3. The van der Waals surface area contributed by atoms with E-state index in [1.165, 1.54) is 6.42 Å². The van der Waals surface area contributed by atoms with Crippen molar-refractivity contribution in [1.29, 1.82) is 0 Å². The molecule has 7 heteroatoms. The molecule has 0 aliphatic rings. The Kier molecular flexibility index (Phi) is 12.0. The van der Waals surface area contributed by atoms with Gasteiger partial charge in [0, 0.05) is 12.2 Å². The van der Waals surface area contributed by atoms with Crippen LogP contribution in [0.3, 0.4) is 0 Å². The van der Waals surface area contributed by atoms with Crippen LogP contribution in [0, 0.1) is 13.8 Å². The minimum Gasteiger partial charge on any atom is -0.444 e. The van der Waals surface area contributed by atoms with Crippen molar-refractivity contribution < 1.29 is 19.1 Å². The number of hydrogen-bond acceptors (Lipinski definition) is 4. The molecule has 3 aromatic carbocycles. The molecule has 42 heavy (non-hydrogen) atoms. The molecular weight excluding hydrogens is 526 g/mol. The van der Waals surface area contributed by atoms with Crippen LogP contribution in [0.2, 0.25) is 0 Å². The summed E-state index contributed by atoms with van der Waals surface area (Å²) in [6, 6.07) is 18.8. The third-order valence-electron chi connectivity index (χ3n) is 7.16. The maximum Gasteiger partial charge on any atom is 0.408 e. The number of aryl methyl sites for hydroxylation is 2. The minimum absolute atomic E-state index is 0.268. The smallest absolute Gasteiger partial charge is 0.408 e. The lowest BCUT2D eigenvalue weighted by Crippen LogP contribution is -2.47. The molecule has 3 amide bonds. The van der Waals surface area contributed by atoms with Crippen LogP contribution in [-0.2, 0) is 14.3 Å². The summed E-state index contributed by atoms with van der Waals surface area (Å²) >= 11 is 0. The summed E-state index contributed by atoms with van der Waals surface area (Å²) in [6.07, 6.45) is 5.60. The number of hydrogen-bond donors (Lipinski definition) is 2. The van der Waals surface area contributed by atoms with Gasteiger partial charge in [-0.05, 0) is 75.1 Å². The highest BCUT2D eigenvalue weighted by Crippen LogP contribution is 2.29. The van der Waals surface area contributed by atoms with Crippen LogP contribution in [0.1, 0.15) is 89.0 Å². The van der Waals surface area contributed by atoms with Crippen LogP contribution in [0.25, 0.3) is 10.8 Å². The van der Waals surface area contributed by atoms with Gasteiger partial charge in [-0.15, -0.1) is 0 Å². The average Bonchev–Trinajstić information content (AvgIpc) is 2.93. The second-order valence-corrected chi connectivity index (χ2v) is 12.0. The van der Waals surface area contributed by atoms with Gasteiger partial charge in [0.1, 0.15) is 18.2 Å². The molecule has 0 radical (unpaired) electrons. The Morgan fingerprint density at radius 1 is 0.857 bits per heavy atom. The number of carbonyl (C=O) groups is 3. The summed E-state index contributed by atoms with van der Waals surface area (Å²) in [5, 5.41) is 7.77.